The number of nitrogens with zero attached hydrogens (tertiary/aromatic N) is 1. The molecule has 0 aliphatic carbocycles. The molecule has 0 radical (unpaired) electrons. The van der Waals surface area contributed by atoms with Gasteiger partial charge in [0.15, 0.2) is 0 Å². The van der Waals surface area contributed by atoms with Gasteiger partial charge < -0.3 is 9.72 Å². The van der Waals surface area contributed by atoms with Crippen LogP contribution in [0.15, 0.2) is 47.4 Å². The zero-order valence-corrected chi connectivity index (χ0v) is 15.1. The van der Waals surface area contributed by atoms with Crippen molar-refractivity contribution in [3.05, 3.63) is 59.3 Å². The highest BCUT2D eigenvalue weighted by molar-refractivity contribution is 7.98. The lowest BCUT2D eigenvalue weighted by Crippen LogP contribution is -2.32. The Balaban J connectivity index is 1.84. The molecule has 1 unspecified atom stereocenters. The lowest BCUT2D eigenvalue weighted by atomic mass is 9.93. The Bertz CT molecular complexity index is 869. The molecule has 4 heteroatoms. The van der Waals surface area contributed by atoms with Gasteiger partial charge in [0, 0.05) is 28.0 Å². The summed E-state index contributed by atoms with van der Waals surface area (Å²) in [6.45, 7) is 1.07. The van der Waals surface area contributed by atoms with Crippen LogP contribution in [0.1, 0.15) is 22.9 Å². The fourth-order valence-electron chi connectivity index (χ4n) is 3.72. The van der Waals surface area contributed by atoms with Gasteiger partial charge in [-0.05, 0) is 61.2 Å². The number of ether oxygens (including phenoxy) is 1. The van der Waals surface area contributed by atoms with Crippen LogP contribution in [0.3, 0.4) is 0 Å². The lowest BCUT2D eigenvalue weighted by molar-refractivity contribution is 0.261. The second-order valence-electron chi connectivity index (χ2n) is 6.34. The number of hydrogen-bond donors (Lipinski definition) is 1. The predicted molar refractivity (Wildman–Crippen MR) is 101 cm³/mol. The highest BCUT2D eigenvalue weighted by Gasteiger charge is 2.29. The third kappa shape index (κ3) is 2.50. The predicted octanol–water partition coefficient (Wildman–Crippen LogP) is 4.48. The van der Waals surface area contributed by atoms with Crippen LogP contribution in [0, 0.1) is 0 Å². The van der Waals surface area contributed by atoms with Crippen LogP contribution in [-0.4, -0.2) is 36.8 Å². The molecule has 1 N–H and O–H groups in total. The summed E-state index contributed by atoms with van der Waals surface area (Å²) in [6.07, 6.45) is 3.23. The summed E-state index contributed by atoms with van der Waals surface area (Å²) in [5.41, 5.74) is 5.35. The van der Waals surface area contributed by atoms with Crippen LogP contribution >= 0.6 is 11.8 Å². The second-order valence-corrected chi connectivity index (χ2v) is 7.21. The molecule has 0 saturated carbocycles. The van der Waals surface area contributed by atoms with Crippen LogP contribution in [0.25, 0.3) is 10.9 Å². The standard InChI is InChI=1S/C20H22N2OS/c1-22-11-10-16-17-12-15(24-3)8-9-18(17)21-19(16)20(22)13-4-6-14(23-2)7-5-13/h4-9,12,20-21H,10-11H2,1-3H3. The van der Waals surface area contributed by atoms with E-state index in [9.17, 15) is 0 Å². The van der Waals surface area contributed by atoms with E-state index in [-0.39, 0.29) is 6.04 Å². The summed E-state index contributed by atoms with van der Waals surface area (Å²) in [4.78, 5) is 7.44. The largest absolute Gasteiger partial charge is 0.497 e. The smallest absolute Gasteiger partial charge is 0.118 e. The van der Waals surface area contributed by atoms with Gasteiger partial charge in [-0.1, -0.05) is 12.1 Å². The van der Waals surface area contributed by atoms with E-state index in [4.69, 9.17) is 4.74 Å². The summed E-state index contributed by atoms with van der Waals surface area (Å²) in [7, 11) is 3.91. The molecule has 1 aromatic heterocycles. The SMILES string of the molecule is COc1ccc(C2c3[nH]c4ccc(SC)cc4c3CCN2C)cc1. The maximum absolute atomic E-state index is 5.30. The fourth-order valence-corrected chi connectivity index (χ4v) is 4.16. The van der Waals surface area contributed by atoms with E-state index in [2.05, 4.69) is 53.5 Å². The number of hydrogen-bond acceptors (Lipinski definition) is 3. The highest BCUT2D eigenvalue weighted by Crippen LogP contribution is 2.38. The van der Waals surface area contributed by atoms with Crippen molar-refractivity contribution in [2.24, 2.45) is 0 Å². The maximum atomic E-state index is 5.30. The number of H-pyrrole nitrogens is 1. The van der Waals surface area contributed by atoms with Crippen molar-refractivity contribution >= 4 is 22.7 Å². The third-order valence-corrected chi connectivity index (χ3v) is 5.73. The first-order valence-electron chi connectivity index (χ1n) is 8.24. The molecule has 1 aliphatic rings. The molecule has 0 fully saturated rings. The number of benzene rings is 2. The van der Waals surface area contributed by atoms with Gasteiger partial charge in [-0.3, -0.25) is 4.90 Å². The van der Waals surface area contributed by atoms with E-state index >= 15 is 0 Å². The average molecular weight is 338 g/mol. The summed E-state index contributed by atoms with van der Waals surface area (Å²) < 4.78 is 5.30. The van der Waals surface area contributed by atoms with Crippen molar-refractivity contribution in [2.45, 2.75) is 17.4 Å². The number of rotatable bonds is 3. The Morgan fingerprint density at radius 2 is 1.96 bits per heavy atom. The van der Waals surface area contributed by atoms with Gasteiger partial charge >= 0.3 is 0 Å². The molecular formula is C20H22N2OS. The number of methoxy groups -OCH3 is 1. The minimum absolute atomic E-state index is 0.268. The van der Waals surface area contributed by atoms with E-state index in [1.807, 2.05) is 12.1 Å². The minimum Gasteiger partial charge on any atom is -0.497 e. The number of thioether (sulfide) groups is 1. The van der Waals surface area contributed by atoms with Gasteiger partial charge in [0.1, 0.15) is 5.75 Å². The molecule has 1 atom stereocenters. The molecule has 1 aliphatic heterocycles. The lowest BCUT2D eigenvalue weighted by Gasteiger charge is -2.33. The molecule has 2 heterocycles. The van der Waals surface area contributed by atoms with Crippen molar-refractivity contribution in [2.75, 3.05) is 27.0 Å². The Kier molecular flexibility index (Phi) is 4.02. The van der Waals surface area contributed by atoms with Crippen molar-refractivity contribution in [1.82, 2.24) is 9.88 Å². The fraction of sp³-hybridized carbons (Fsp3) is 0.300. The van der Waals surface area contributed by atoms with Crippen LogP contribution in [0.2, 0.25) is 0 Å². The summed E-state index contributed by atoms with van der Waals surface area (Å²) in [5.74, 6) is 0.902. The molecule has 3 aromatic rings. The molecule has 0 bridgehead atoms. The van der Waals surface area contributed by atoms with E-state index in [0.717, 1.165) is 18.7 Å². The first kappa shape index (κ1) is 15.6. The molecule has 124 valence electrons. The Morgan fingerprint density at radius 1 is 1.17 bits per heavy atom. The number of likely N-dealkylation sites (N-methyl/N-ethyl adjacent to an activating group) is 1. The first-order chi connectivity index (χ1) is 11.7. The zero-order valence-electron chi connectivity index (χ0n) is 14.3. The van der Waals surface area contributed by atoms with Gasteiger partial charge in [-0.15, -0.1) is 11.8 Å². The number of aromatic nitrogens is 1. The number of fused-ring (bicyclic) bond motifs is 3. The number of aromatic amines is 1. The summed E-state index contributed by atoms with van der Waals surface area (Å²) in [6, 6.07) is 15.4. The zero-order chi connectivity index (χ0) is 16.7. The monoisotopic (exact) mass is 338 g/mol. The molecule has 24 heavy (non-hydrogen) atoms. The Morgan fingerprint density at radius 3 is 2.67 bits per heavy atom. The topological polar surface area (TPSA) is 28.3 Å². The van der Waals surface area contributed by atoms with Crippen molar-refractivity contribution in [1.29, 1.82) is 0 Å². The normalized spacial score (nSPS) is 17.9. The molecule has 0 spiro atoms. The third-order valence-electron chi connectivity index (χ3n) is 5.01. The quantitative estimate of drug-likeness (QED) is 0.714. The van der Waals surface area contributed by atoms with Crippen LogP contribution in [-0.2, 0) is 6.42 Å². The van der Waals surface area contributed by atoms with Gasteiger partial charge in [0.2, 0.25) is 0 Å². The highest BCUT2D eigenvalue weighted by atomic mass is 32.2. The van der Waals surface area contributed by atoms with Gasteiger partial charge in [0.25, 0.3) is 0 Å². The van der Waals surface area contributed by atoms with E-state index in [1.54, 1.807) is 18.9 Å². The molecule has 2 aromatic carbocycles. The van der Waals surface area contributed by atoms with Gasteiger partial charge in [-0.25, -0.2) is 0 Å². The number of nitrogens with one attached hydrogen (secondary N) is 1. The van der Waals surface area contributed by atoms with Gasteiger partial charge in [-0.2, -0.15) is 0 Å². The minimum atomic E-state index is 0.268. The van der Waals surface area contributed by atoms with Crippen molar-refractivity contribution in [3.63, 3.8) is 0 Å². The second kappa shape index (κ2) is 6.19. The molecule has 0 saturated heterocycles. The first-order valence-corrected chi connectivity index (χ1v) is 9.46. The van der Waals surface area contributed by atoms with Crippen LogP contribution < -0.4 is 4.74 Å². The van der Waals surface area contributed by atoms with Crippen molar-refractivity contribution in [3.8, 4) is 5.75 Å². The van der Waals surface area contributed by atoms with E-state index in [1.165, 1.54) is 32.6 Å². The van der Waals surface area contributed by atoms with Crippen LogP contribution in [0.5, 0.6) is 5.75 Å². The maximum Gasteiger partial charge on any atom is 0.118 e. The Labute approximate surface area is 147 Å². The van der Waals surface area contributed by atoms with E-state index in [0.29, 0.717) is 0 Å². The summed E-state index contributed by atoms with van der Waals surface area (Å²) in [5, 5.41) is 1.38. The van der Waals surface area contributed by atoms with Crippen LogP contribution in [0.4, 0.5) is 0 Å². The molecular weight excluding hydrogens is 316 g/mol. The molecule has 3 nitrogen and oxygen atoms in total. The molecule has 4 rings (SSSR count). The van der Waals surface area contributed by atoms with E-state index < -0.39 is 0 Å². The van der Waals surface area contributed by atoms with Gasteiger partial charge in [0.05, 0.1) is 13.2 Å². The molecule has 0 amide bonds. The summed E-state index contributed by atoms with van der Waals surface area (Å²) >= 11 is 1.80. The Hall–Kier alpha value is -1.91. The average Bonchev–Trinajstić information content (AvgIpc) is 2.99. The van der Waals surface area contributed by atoms with Crippen molar-refractivity contribution < 1.29 is 4.74 Å².